The van der Waals surface area contributed by atoms with Crippen molar-refractivity contribution in [2.45, 2.75) is 27.3 Å². The molecular formula is C15H19NO2S. The van der Waals surface area contributed by atoms with Crippen LogP contribution in [0.1, 0.15) is 31.4 Å². The first-order valence-corrected chi connectivity index (χ1v) is 7.10. The number of likely N-dealkylation sites (N-methyl/N-ethyl adjacent to an activating group) is 1. The third-order valence-electron chi connectivity index (χ3n) is 3.16. The Hall–Kier alpha value is -1.39. The van der Waals surface area contributed by atoms with Crippen LogP contribution in [0.25, 0.3) is 0 Å². The molecule has 2 heterocycles. The zero-order valence-corrected chi connectivity index (χ0v) is 12.6. The van der Waals surface area contributed by atoms with Gasteiger partial charge in [0.05, 0.1) is 12.8 Å². The van der Waals surface area contributed by atoms with E-state index in [1.165, 1.54) is 4.88 Å². The summed E-state index contributed by atoms with van der Waals surface area (Å²) < 4.78 is 5.27. The second kappa shape index (κ2) is 5.72. The van der Waals surface area contributed by atoms with Gasteiger partial charge in [0.15, 0.2) is 5.78 Å². The number of carbonyl (C=O) groups excluding carboxylic acids is 1. The maximum atomic E-state index is 12.2. The van der Waals surface area contributed by atoms with E-state index in [9.17, 15) is 4.79 Å². The predicted molar refractivity (Wildman–Crippen MR) is 77.9 cm³/mol. The summed E-state index contributed by atoms with van der Waals surface area (Å²) in [6, 6.07) is 3.94. The highest BCUT2D eigenvalue weighted by Gasteiger charge is 2.15. The van der Waals surface area contributed by atoms with Crippen molar-refractivity contribution in [2.24, 2.45) is 0 Å². The number of hydrogen-bond donors (Lipinski definition) is 0. The third-order valence-corrected chi connectivity index (χ3v) is 4.13. The Labute approximate surface area is 117 Å². The molecule has 0 saturated carbocycles. The molecule has 0 radical (unpaired) electrons. The van der Waals surface area contributed by atoms with Gasteiger partial charge in [-0.2, -0.15) is 0 Å². The lowest BCUT2D eigenvalue weighted by atomic mass is 10.1. The second-order valence-corrected chi connectivity index (χ2v) is 6.38. The standard InChI is InChI=1S/C15H19NO2S/c1-10-7-14(12(3)19-10)15(17)9-16(4)8-13-5-6-18-11(13)2/h5-7H,8-9H2,1-4H3. The Morgan fingerprint density at radius 1 is 1.37 bits per heavy atom. The van der Waals surface area contributed by atoms with Crippen LogP contribution in [0.2, 0.25) is 0 Å². The molecule has 0 bridgehead atoms. The summed E-state index contributed by atoms with van der Waals surface area (Å²) in [5, 5.41) is 0. The minimum atomic E-state index is 0.186. The van der Waals surface area contributed by atoms with E-state index >= 15 is 0 Å². The van der Waals surface area contributed by atoms with Crippen molar-refractivity contribution in [3.63, 3.8) is 0 Å². The van der Waals surface area contributed by atoms with Crippen LogP contribution in [0.4, 0.5) is 0 Å². The normalized spacial score (nSPS) is 11.2. The maximum absolute atomic E-state index is 12.2. The molecule has 0 unspecified atom stereocenters. The topological polar surface area (TPSA) is 33.5 Å². The van der Waals surface area contributed by atoms with Crippen molar-refractivity contribution in [1.29, 1.82) is 0 Å². The van der Waals surface area contributed by atoms with E-state index in [0.29, 0.717) is 6.54 Å². The second-order valence-electron chi connectivity index (χ2n) is 4.92. The molecule has 19 heavy (non-hydrogen) atoms. The number of thiophene rings is 1. The van der Waals surface area contributed by atoms with Gasteiger partial charge >= 0.3 is 0 Å². The van der Waals surface area contributed by atoms with Crippen molar-refractivity contribution in [3.8, 4) is 0 Å². The molecule has 0 aliphatic carbocycles. The lowest BCUT2D eigenvalue weighted by Crippen LogP contribution is -2.25. The number of ketones is 1. The average molecular weight is 277 g/mol. The summed E-state index contributed by atoms with van der Waals surface area (Å²) in [6.07, 6.45) is 1.69. The first-order chi connectivity index (χ1) is 8.97. The smallest absolute Gasteiger partial charge is 0.177 e. The fourth-order valence-corrected chi connectivity index (χ4v) is 3.10. The van der Waals surface area contributed by atoms with Crippen LogP contribution in [0.3, 0.4) is 0 Å². The highest BCUT2D eigenvalue weighted by molar-refractivity contribution is 7.12. The molecule has 2 aromatic heterocycles. The van der Waals surface area contributed by atoms with Gasteiger partial charge < -0.3 is 4.42 Å². The number of aryl methyl sites for hydroxylation is 3. The zero-order chi connectivity index (χ0) is 14.0. The molecule has 0 atom stereocenters. The molecule has 102 valence electrons. The Morgan fingerprint density at radius 2 is 2.11 bits per heavy atom. The Bertz CT molecular complexity index is 583. The molecule has 0 aliphatic heterocycles. The van der Waals surface area contributed by atoms with Crippen LogP contribution < -0.4 is 0 Å². The summed E-state index contributed by atoms with van der Waals surface area (Å²) in [5.74, 6) is 1.10. The van der Waals surface area contributed by atoms with Crippen molar-refractivity contribution in [3.05, 3.63) is 45.0 Å². The van der Waals surface area contributed by atoms with E-state index in [-0.39, 0.29) is 5.78 Å². The highest BCUT2D eigenvalue weighted by Crippen LogP contribution is 2.21. The highest BCUT2D eigenvalue weighted by atomic mass is 32.1. The number of carbonyl (C=O) groups is 1. The fourth-order valence-electron chi connectivity index (χ4n) is 2.16. The van der Waals surface area contributed by atoms with E-state index in [2.05, 4.69) is 0 Å². The first-order valence-electron chi connectivity index (χ1n) is 6.29. The average Bonchev–Trinajstić information content (AvgIpc) is 2.85. The van der Waals surface area contributed by atoms with Crippen LogP contribution >= 0.6 is 11.3 Å². The third kappa shape index (κ3) is 3.33. The molecule has 0 aromatic carbocycles. The zero-order valence-electron chi connectivity index (χ0n) is 11.8. The van der Waals surface area contributed by atoms with Gasteiger partial charge in [0.25, 0.3) is 0 Å². The molecule has 0 saturated heterocycles. The van der Waals surface area contributed by atoms with E-state index in [4.69, 9.17) is 4.42 Å². The van der Waals surface area contributed by atoms with Crippen LogP contribution in [0.5, 0.6) is 0 Å². The molecule has 2 aromatic rings. The van der Waals surface area contributed by atoms with Gasteiger partial charge in [-0.3, -0.25) is 9.69 Å². The van der Waals surface area contributed by atoms with Crippen LogP contribution in [0, 0.1) is 20.8 Å². The summed E-state index contributed by atoms with van der Waals surface area (Å²) in [4.78, 5) is 16.6. The van der Waals surface area contributed by atoms with Gasteiger partial charge in [0, 0.05) is 27.4 Å². The lowest BCUT2D eigenvalue weighted by molar-refractivity contribution is 0.0942. The summed E-state index contributed by atoms with van der Waals surface area (Å²) in [6.45, 7) is 7.15. The largest absolute Gasteiger partial charge is 0.469 e. The van der Waals surface area contributed by atoms with Gasteiger partial charge in [0.1, 0.15) is 5.76 Å². The van der Waals surface area contributed by atoms with E-state index in [0.717, 1.165) is 28.3 Å². The van der Waals surface area contributed by atoms with Crippen LogP contribution in [-0.2, 0) is 6.54 Å². The SMILES string of the molecule is Cc1cc(C(=O)CN(C)Cc2ccoc2C)c(C)s1. The number of hydrogen-bond acceptors (Lipinski definition) is 4. The van der Waals surface area contributed by atoms with Gasteiger partial charge in [-0.1, -0.05) is 0 Å². The fraction of sp³-hybridized carbons (Fsp3) is 0.400. The summed E-state index contributed by atoms with van der Waals surface area (Å²) >= 11 is 1.68. The van der Waals surface area contributed by atoms with Crippen LogP contribution in [0.15, 0.2) is 22.8 Å². The van der Waals surface area contributed by atoms with Crippen molar-refractivity contribution in [1.82, 2.24) is 4.90 Å². The molecule has 3 nitrogen and oxygen atoms in total. The number of Topliss-reactive ketones (excluding diaryl/α,β-unsaturated/α-hetero) is 1. The minimum absolute atomic E-state index is 0.186. The molecule has 4 heteroatoms. The van der Waals surface area contributed by atoms with Gasteiger partial charge in [-0.15, -0.1) is 11.3 Å². The van der Waals surface area contributed by atoms with Crippen molar-refractivity contribution < 1.29 is 9.21 Å². The molecule has 0 amide bonds. The summed E-state index contributed by atoms with van der Waals surface area (Å²) in [7, 11) is 1.96. The number of furan rings is 1. The van der Waals surface area contributed by atoms with Crippen molar-refractivity contribution in [2.75, 3.05) is 13.6 Å². The quantitative estimate of drug-likeness (QED) is 0.783. The van der Waals surface area contributed by atoms with E-state index in [1.807, 2.05) is 44.9 Å². The Balaban J connectivity index is 1.99. The van der Waals surface area contributed by atoms with Gasteiger partial charge in [-0.25, -0.2) is 0 Å². The lowest BCUT2D eigenvalue weighted by Gasteiger charge is -2.15. The predicted octanol–water partition coefficient (Wildman–Crippen LogP) is 3.58. The molecule has 0 fully saturated rings. The van der Waals surface area contributed by atoms with E-state index in [1.54, 1.807) is 17.6 Å². The van der Waals surface area contributed by atoms with Gasteiger partial charge in [-0.05, 0) is 40.0 Å². The molecule has 0 aliphatic rings. The maximum Gasteiger partial charge on any atom is 0.177 e. The Morgan fingerprint density at radius 3 is 2.63 bits per heavy atom. The van der Waals surface area contributed by atoms with E-state index < -0.39 is 0 Å². The molecule has 0 spiro atoms. The number of nitrogens with zero attached hydrogens (tertiary/aromatic N) is 1. The first kappa shape index (κ1) is 14.0. The molecule has 0 N–H and O–H groups in total. The Kier molecular flexibility index (Phi) is 4.22. The van der Waals surface area contributed by atoms with Gasteiger partial charge in [0.2, 0.25) is 0 Å². The molecular weight excluding hydrogens is 258 g/mol. The van der Waals surface area contributed by atoms with Crippen LogP contribution in [-0.4, -0.2) is 24.3 Å². The summed E-state index contributed by atoms with van der Waals surface area (Å²) in [5.41, 5.74) is 1.99. The monoisotopic (exact) mass is 277 g/mol. The van der Waals surface area contributed by atoms with Crippen molar-refractivity contribution >= 4 is 17.1 Å². The number of rotatable bonds is 5. The molecule has 2 rings (SSSR count). The minimum Gasteiger partial charge on any atom is -0.469 e.